The molecule has 1 saturated heterocycles. The first kappa shape index (κ1) is 61.7. The molecule has 1 fully saturated rings. The summed E-state index contributed by atoms with van der Waals surface area (Å²) in [7, 11) is -5.31. The number of carbonyl (C=O) groups excluding carboxylic acids is 1. The first-order valence-corrected chi connectivity index (χ1v) is 36.0. The number of azide groups is 1. The van der Waals surface area contributed by atoms with Crippen molar-refractivity contribution < 1.29 is 42.1 Å². The molecule has 0 aliphatic carbocycles. The summed E-state index contributed by atoms with van der Waals surface area (Å²) in [5, 5.41) is 5.53. The third kappa shape index (κ3) is 16.9. The van der Waals surface area contributed by atoms with Gasteiger partial charge in [0, 0.05) is 41.9 Å². The summed E-state index contributed by atoms with van der Waals surface area (Å²) in [4.78, 5) is 18.6. The molecule has 6 atom stereocenters. The van der Waals surface area contributed by atoms with E-state index >= 15 is 0 Å². The molecule has 0 bridgehead atoms. The molecule has 0 saturated carbocycles. The van der Waals surface area contributed by atoms with Crippen molar-refractivity contribution in [2.75, 3.05) is 33.7 Å². The lowest BCUT2D eigenvalue weighted by Crippen LogP contribution is -2.67. The lowest BCUT2D eigenvalue weighted by molar-refractivity contribution is -0.152. The first-order chi connectivity index (χ1) is 35.2. The van der Waals surface area contributed by atoms with Crippen LogP contribution in [0.15, 0.2) is 125 Å². The van der Waals surface area contributed by atoms with Crippen LogP contribution in [-0.4, -0.2) is 94.5 Å². The molecule has 4 aromatic carbocycles. The molecular weight excluding hydrogens is 1010 g/mol. The summed E-state index contributed by atoms with van der Waals surface area (Å²) >= 11 is 1.62. The van der Waals surface area contributed by atoms with Gasteiger partial charge in [-0.1, -0.05) is 164 Å². The Balaban J connectivity index is 1.59. The predicted octanol–water partition coefficient (Wildman–Crippen LogP) is 14.5. The summed E-state index contributed by atoms with van der Waals surface area (Å²) < 4.78 is 53.1. The van der Waals surface area contributed by atoms with E-state index < -0.39 is 60.0 Å². The number of esters is 1. The molecule has 1 aliphatic heterocycles. The van der Waals surface area contributed by atoms with E-state index in [1.165, 1.54) is 10.4 Å². The van der Waals surface area contributed by atoms with Crippen LogP contribution in [0.1, 0.15) is 103 Å². The van der Waals surface area contributed by atoms with Crippen molar-refractivity contribution in [1.29, 1.82) is 0 Å². The number of hydrogen-bond donors (Lipinski definition) is 0. The van der Waals surface area contributed by atoms with Crippen molar-refractivity contribution in [3.05, 3.63) is 137 Å². The Hall–Kier alpha value is -4.20. The predicted molar refractivity (Wildman–Crippen MR) is 314 cm³/mol. The van der Waals surface area contributed by atoms with Crippen molar-refractivity contribution in [2.45, 2.75) is 171 Å². The third-order valence-corrected chi connectivity index (χ3v) is 26.9. The molecule has 1 aliphatic rings. The molecular formula is C59H87N3O9SSi3. The molecule has 0 aromatic heterocycles. The van der Waals surface area contributed by atoms with Crippen LogP contribution in [0.25, 0.3) is 10.4 Å². The number of thioether (sulfide) groups is 1. The van der Waals surface area contributed by atoms with E-state index in [4.69, 9.17) is 42.8 Å². The summed E-state index contributed by atoms with van der Waals surface area (Å²) in [6.45, 7) is 33.7. The summed E-state index contributed by atoms with van der Waals surface area (Å²) in [5.74, 6) is -0.667. The van der Waals surface area contributed by atoms with Gasteiger partial charge in [-0.3, -0.25) is 0 Å². The van der Waals surface area contributed by atoms with Gasteiger partial charge in [0.1, 0.15) is 23.2 Å². The standard InChI is InChI=1S/C59H87N3O9SSi3/c1-43(44(2)70-75(58(6,7)8,46-28-22-18-23-29-46)47-30-24-19-25-31-47)32-33-51(71-74(15,16)57(3,4)5)55-50(68-59(9,10)69-55)36-37-52(72-45-26-20-17-21-27-45)53-48(65-39-38-61-62-60)34-35-49(67-42-64-11)54(53)56(63)66-40-41-73(12,13)14/h17-35,43-44,50-52,55H,36-42H2,1-16H3/t43-,44-,50+,51?,52?,55+/m1/s1. The highest BCUT2D eigenvalue weighted by molar-refractivity contribution is 7.99. The van der Waals surface area contributed by atoms with Crippen LogP contribution in [0, 0.1) is 5.92 Å². The van der Waals surface area contributed by atoms with Crippen molar-refractivity contribution in [1.82, 2.24) is 0 Å². The maximum atomic E-state index is 14.6. The number of carbonyl (C=O) groups is 1. The van der Waals surface area contributed by atoms with Gasteiger partial charge in [-0.15, -0.1) is 11.8 Å². The average molecular weight is 1100 g/mol. The molecule has 0 radical (unpaired) electrons. The highest BCUT2D eigenvalue weighted by Gasteiger charge is 2.52. The van der Waals surface area contributed by atoms with E-state index in [1.807, 2.05) is 38.1 Å². The molecule has 2 unspecified atom stereocenters. The maximum Gasteiger partial charge on any atom is 0.342 e. The Kier molecular flexibility index (Phi) is 22.1. The second-order valence-electron chi connectivity index (χ2n) is 23.9. The minimum absolute atomic E-state index is 0.00797. The maximum absolute atomic E-state index is 14.6. The van der Waals surface area contributed by atoms with Crippen molar-refractivity contribution in [2.24, 2.45) is 11.0 Å². The minimum Gasteiger partial charge on any atom is -0.493 e. The fourth-order valence-corrected chi connectivity index (χ4v) is 17.1. The summed E-state index contributed by atoms with van der Waals surface area (Å²) in [6, 6.07) is 36.0. The SMILES string of the molecule is COCOc1ccc(OCCN=[N+]=[N-])c(C(CC[C@@H]2OC(C)(C)O[C@@H]2C(C=C[C@@H](C)[C@@H](C)O[Si](c2ccccc2)(c2ccccc2)C(C)(C)C)O[Si](C)(C)C(C)(C)C)Sc2ccccc2)c1C(=O)OCC[Si](C)(C)C. The number of hydrogen-bond acceptors (Lipinski definition) is 11. The largest absolute Gasteiger partial charge is 0.493 e. The van der Waals surface area contributed by atoms with E-state index in [2.05, 4.69) is 183 Å². The van der Waals surface area contributed by atoms with Gasteiger partial charge in [-0.25, -0.2) is 4.79 Å². The van der Waals surface area contributed by atoms with Crippen molar-refractivity contribution in [3.63, 3.8) is 0 Å². The van der Waals surface area contributed by atoms with Crippen LogP contribution in [0.3, 0.4) is 0 Å². The van der Waals surface area contributed by atoms with E-state index in [1.54, 1.807) is 24.9 Å². The molecule has 5 rings (SSSR count). The van der Waals surface area contributed by atoms with Gasteiger partial charge in [0.25, 0.3) is 8.32 Å². The number of rotatable bonds is 27. The van der Waals surface area contributed by atoms with Gasteiger partial charge in [0.05, 0.1) is 32.0 Å². The van der Waals surface area contributed by atoms with Gasteiger partial charge < -0.3 is 37.3 Å². The zero-order chi connectivity index (χ0) is 55.2. The minimum atomic E-state index is -2.85. The molecule has 0 N–H and O–H groups in total. The van der Waals surface area contributed by atoms with Crippen LogP contribution >= 0.6 is 11.8 Å². The lowest BCUT2D eigenvalue weighted by atomic mass is 9.95. The zero-order valence-corrected chi connectivity index (χ0v) is 51.6. The number of methoxy groups -OCH3 is 1. The lowest BCUT2D eigenvalue weighted by Gasteiger charge is -2.45. The molecule has 75 heavy (non-hydrogen) atoms. The Morgan fingerprint density at radius 3 is 1.92 bits per heavy atom. The van der Waals surface area contributed by atoms with Gasteiger partial charge in [-0.05, 0) is 109 Å². The quantitative estimate of drug-likeness (QED) is 0.00652. The molecule has 1 heterocycles. The molecule has 4 aromatic rings. The third-order valence-electron chi connectivity index (χ3n) is 14.3. The van der Waals surface area contributed by atoms with E-state index in [0.29, 0.717) is 29.9 Å². The fraction of sp³-hybridized carbons (Fsp3) is 0.542. The van der Waals surface area contributed by atoms with Gasteiger partial charge in [-0.2, -0.15) is 0 Å². The van der Waals surface area contributed by atoms with Crippen LogP contribution < -0.4 is 19.8 Å². The van der Waals surface area contributed by atoms with Gasteiger partial charge in [0.15, 0.2) is 20.9 Å². The highest BCUT2D eigenvalue weighted by atomic mass is 32.2. The Labute approximate surface area is 456 Å². The van der Waals surface area contributed by atoms with Crippen LogP contribution in [-0.2, 0) is 27.8 Å². The van der Waals surface area contributed by atoms with E-state index in [0.717, 1.165) is 10.9 Å². The number of ether oxygens (including phenoxy) is 6. The Morgan fingerprint density at radius 2 is 1.37 bits per heavy atom. The molecule has 410 valence electrons. The normalized spacial score (nSPS) is 18.0. The van der Waals surface area contributed by atoms with Crippen LogP contribution in [0.4, 0.5) is 0 Å². The van der Waals surface area contributed by atoms with Crippen LogP contribution in [0.5, 0.6) is 11.5 Å². The monoisotopic (exact) mass is 1100 g/mol. The molecule has 16 heteroatoms. The van der Waals surface area contributed by atoms with E-state index in [9.17, 15) is 4.79 Å². The first-order valence-electron chi connectivity index (χ1n) is 26.6. The fourth-order valence-electron chi connectivity index (χ4n) is 9.10. The zero-order valence-electron chi connectivity index (χ0n) is 47.8. The van der Waals surface area contributed by atoms with Crippen molar-refractivity contribution >= 4 is 52.8 Å². The van der Waals surface area contributed by atoms with Crippen LogP contribution in [0.2, 0.25) is 48.9 Å². The van der Waals surface area contributed by atoms with Gasteiger partial charge in [0.2, 0.25) is 0 Å². The number of benzene rings is 4. The topological polar surface area (TPSA) is 140 Å². The van der Waals surface area contributed by atoms with E-state index in [-0.39, 0.29) is 54.2 Å². The second kappa shape index (κ2) is 26.9. The van der Waals surface area contributed by atoms with Gasteiger partial charge >= 0.3 is 5.97 Å². The smallest absolute Gasteiger partial charge is 0.342 e. The van der Waals surface area contributed by atoms with Crippen molar-refractivity contribution in [3.8, 4) is 11.5 Å². The summed E-state index contributed by atoms with van der Waals surface area (Å²) in [6.07, 6.45) is 3.96. The summed E-state index contributed by atoms with van der Waals surface area (Å²) in [5.41, 5.74) is 10.0. The molecule has 12 nitrogen and oxygen atoms in total. The highest BCUT2D eigenvalue weighted by Crippen LogP contribution is 2.49. The second-order valence-corrected chi connectivity index (χ2v) is 39.8. The number of nitrogens with zero attached hydrogens (tertiary/aromatic N) is 3. The Morgan fingerprint density at radius 1 is 0.787 bits per heavy atom. The average Bonchev–Trinajstić information content (AvgIpc) is 3.66. The Bertz CT molecular complexity index is 2450. The molecule has 0 spiro atoms. The molecule has 0 amide bonds.